The van der Waals surface area contributed by atoms with Gasteiger partial charge in [-0.3, -0.25) is 4.79 Å². The van der Waals surface area contributed by atoms with Crippen LogP contribution < -0.4 is 10.6 Å². The highest BCUT2D eigenvalue weighted by Gasteiger charge is 2.24. The second kappa shape index (κ2) is 6.66. The molecule has 0 radical (unpaired) electrons. The largest absolute Gasteiger partial charge is 0.352 e. The first-order valence-corrected chi connectivity index (χ1v) is 5.93. The van der Waals surface area contributed by atoms with Crippen molar-refractivity contribution < 1.29 is 4.79 Å². The summed E-state index contributed by atoms with van der Waals surface area (Å²) < 4.78 is 0. The quantitative estimate of drug-likeness (QED) is 0.519. The second-order valence-corrected chi connectivity index (χ2v) is 4.62. The number of hydrogen-bond acceptors (Lipinski definition) is 3. The summed E-state index contributed by atoms with van der Waals surface area (Å²) in [7, 11) is 2.13. The van der Waals surface area contributed by atoms with Gasteiger partial charge in [0.25, 0.3) is 0 Å². The molecular weight excluding hydrogens is 202 g/mol. The fraction of sp³-hybridized carbons (Fsp3) is 0.750. The zero-order chi connectivity index (χ0) is 12.0. The number of likely N-dealkylation sites (tertiary alicyclic amines) is 1. The van der Waals surface area contributed by atoms with Crippen LogP contribution in [0, 0.1) is 5.92 Å². The van der Waals surface area contributed by atoms with Crippen LogP contribution in [-0.4, -0.2) is 50.1 Å². The molecule has 0 aromatic heterocycles. The van der Waals surface area contributed by atoms with E-state index in [4.69, 9.17) is 0 Å². The third-order valence-electron chi connectivity index (χ3n) is 3.03. The van der Waals surface area contributed by atoms with E-state index in [0.29, 0.717) is 25.0 Å². The summed E-state index contributed by atoms with van der Waals surface area (Å²) in [5.41, 5.74) is 0. The Morgan fingerprint density at radius 1 is 1.62 bits per heavy atom. The number of nitrogens with zero attached hydrogens (tertiary/aromatic N) is 1. The molecule has 2 unspecified atom stereocenters. The Balaban J connectivity index is 2.25. The molecule has 1 aliphatic rings. The van der Waals surface area contributed by atoms with Crippen molar-refractivity contribution in [3.63, 3.8) is 0 Å². The lowest BCUT2D eigenvalue weighted by molar-refractivity contribution is -0.121. The molecule has 1 fully saturated rings. The number of piperidine rings is 1. The molecule has 0 aromatic rings. The molecule has 1 heterocycles. The van der Waals surface area contributed by atoms with Crippen molar-refractivity contribution in [3.05, 3.63) is 12.7 Å². The van der Waals surface area contributed by atoms with Gasteiger partial charge in [0, 0.05) is 19.1 Å². The van der Waals surface area contributed by atoms with Crippen molar-refractivity contribution in [2.24, 2.45) is 5.92 Å². The molecule has 2 atom stereocenters. The van der Waals surface area contributed by atoms with Crippen molar-refractivity contribution in [1.29, 1.82) is 0 Å². The molecule has 16 heavy (non-hydrogen) atoms. The summed E-state index contributed by atoms with van der Waals surface area (Å²) in [4.78, 5) is 13.9. The summed E-state index contributed by atoms with van der Waals surface area (Å²) in [5.74, 6) is 0.616. The van der Waals surface area contributed by atoms with Crippen LogP contribution in [0.5, 0.6) is 0 Å². The summed E-state index contributed by atoms with van der Waals surface area (Å²) in [5, 5.41) is 6.09. The summed E-state index contributed by atoms with van der Waals surface area (Å²) in [6.07, 6.45) is 2.80. The van der Waals surface area contributed by atoms with Gasteiger partial charge in [0.15, 0.2) is 0 Å². The minimum Gasteiger partial charge on any atom is -0.352 e. The smallest absolute Gasteiger partial charge is 0.234 e. The van der Waals surface area contributed by atoms with Gasteiger partial charge in [0.2, 0.25) is 5.91 Å². The zero-order valence-corrected chi connectivity index (χ0v) is 10.3. The summed E-state index contributed by atoms with van der Waals surface area (Å²) >= 11 is 0. The number of hydrogen-bond donors (Lipinski definition) is 2. The van der Waals surface area contributed by atoms with E-state index in [0.717, 1.165) is 19.5 Å². The maximum atomic E-state index is 11.6. The van der Waals surface area contributed by atoms with Crippen molar-refractivity contribution in [2.75, 3.05) is 33.2 Å². The standard InChI is InChI=1S/C12H23N3O/c1-4-6-13-8-12(16)14-11-5-7-15(3)9-10(11)2/h4,10-11,13H,1,5-9H2,2-3H3,(H,14,16). The molecule has 4 nitrogen and oxygen atoms in total. The van der Waals surface area contributed by atoms with E-state index in [2.05, 4.69) is 36.1 Å². The highest BCUT2D eigenvalue weighted by atomic mass is 16.2. The van der Waals surface area contributed by atoms with Crippen LogP contribution in [0.1, 0.15) is 13.3 Å². The summed E-state index contributed by atoms with van der Waals surface area (Å²) in [6, 6.07) is 0.328. The molecule has 2 N–H and O–H groups in total. The fourth-order valence-corrected chi connectivity index (χ4v) is 2.11. The molecule has 1 saturated heterocycles. The molecular formula is C12H23N3O. The van der Waals surface area contributed by atoms with Gasteiger partial charge < -0.3 is 15.5 Å². The first kappa shape index (κ1) is 13.2. The SMILES string of the molecule is C=CCNCC(=O)NC1CCN(C)CC1C. The highest BCUT2D eigenvalue weighted by molar-refractivity contribution is 5.78. The molecule has 0 spiro atoms. The Morgan fingerprint density at radius 3 is 3.00 bits per heavy atom. The van der Waals surface area contributed by atoms with E-state index in [1.165, 1.54) is 0 Å². The van der Waals surface area contributed by atoms with Gasteiger partial charge in [-0.15, -0.1) is 6.58 Å². The first-order valence-electron chi connectivity index (χ1n) is 5.93. The third kappa shape index (κ3) is 4.33. The van der Waals surface area contributed by atoms with Gasteiger partial charge in [-0.05, 0) is 25.9 Å². The average Bonchev–Trinajstić information content (AvgIpc) is 2.23. The van der Waals surface area contributed by atoms with Crippen LogP contribution in [0.3, 0.4) is 0 Å². The molecule has 4 heteroatoms. The highest BCUT2D eigenvalue weighted by Crippen LogP contribution is 2.14. The predicted molar refractivity (Wildman–Crippen MR) is 66.3 cm³/mol. The minimum absolute atomic E-state index is 0.0863. The Morgan fingerprint density at radius 2 is 2.38 bits per heavy atom. The molecule has 0 aromatic carbocycles. The van der Waals surface area contributed by atoms with Crippen LogP contribution >= 0.6 is 0 Å². The zero-order valence-electron chi connectivity index (χ0n) is 10.3. The summed E-state index contributed by atoms with van der Waals surface area (Å²) in [6.45, 7) is 8.97. The topological polar surface area (TPSA) is 44.4 Å². The van der Waals surface area contributed by atoms with Crippen LogP contribution in [0.2, 0.25) is 0 Å². The van der Waals surface area contributed by atoms with E-state index in [9.17, 15) is 4.79 Å². The Kier molecular flexibility index (Phi) is 5.49. The van der Waals surface area contributed by atoms with Crippen LogP contribution in [0.25, 0.3) is 0 Å². The molecule has 1 amide bonds. The normalized spacial score (nSPS) is 26.4. The lowest BCUT2D eigenvalue weighted by Crippen LogP contribution is -2.50. The second-order valence-electron chi connectivity index (χ2n) is 4.62. The molecule has 0 bridgehead atoms. The van der Waals surface area contributed by atoms with Gasteiger partial charge in [0.05, 0.1) is 6.54 Å². The van der Waals surface area contributed by atoms with E-state index >= 15 is 0 Å². The predicted octanol–water partition coefficient (Wildman–Crippen LogP) is 0.218. The van der Waals surface area contributed by atoms with Gasteiger partial charge in [0.1, 0.15) is 0 Å². The van der Waals surface area contributed by atoms with E-state index in [1.807, 2.05) is 0 Å². The molecule has 0 aliphatic carbocycles. The van der Waals surface area contributed by atoms with E-state index in [1.54, 1.807) is 6.08 Å². The number of nitrogens with one attached hydrogen (secondary N) is 2. The maximum absolute atomic E-state index is 11.6. The molecule has 1 aliphatic heterocycles. The Labute approximate surface area is 98.1 Å². The lowest BCUT2D eigenvalue weighted by atomic mass is 9.94. The number of amides is 1. The van der Waals surface area contributed by atoms with Crippen molar-refractivity contribution in [1.82, 2.24) is 15.5 Å². The van der Waals surface area contributed by atoms with Gasteiger partial charge >= 0.3 is 0 Å². The number of carbonyl (C=O) groups excluding carboxylic acids is 1. The van der Waals surface area contributed by atoms with Crippen LogP contribution in [0.4, 0.5) is 0 Å². The first-order chi connectivity index (χ1) is 7.63. The van der Waals surface area contributed by atoms with E-state index < -0.39 is 0 Å². The Hall–Kier alpha value is -0.870. The van der Waals surface area contributed by atoms with Crippen molar-refractivity contribution in [2.45, 2.75) is 19.4 Å². The average molecular weight is 225 g/mol. The minimum atomic E-state index is 0.0863. The molecule has 1 rings (SSSR count). The third-order valence-corrected chi connectivity index (χ3v) is 3.03. The number of rotatable bonds is 5. The van der Waals surface area contributed by atoms with Crippen LogP contribution in [0.15, 0.2) is 12.7 Å². The Bertz CT molecular complexity index is 242. The van der Waals surface area contributed by atoms with Crippen molar-refractivity contribution >= 4 is 5.91 Å². The fourth-order valence-electron chi connectivity index (χ4n) is 2.11. The van der Waals surface area contributed by atoms with Crippen LogP contribution in [-0.2, 0) is 4.79 Å². The lowest BCUT2D eigenvalue weighted by Gasteiger charge is -2.35. The maximum Gasteiger partial charge on any atom is 0.234 e. The monoisotopic (exact) mass is 225 g/mol. The van der Waals surface area contributed by atoms with E-state index in [-0.39, 0.29) is 5.91 Å². The van der Waals surface area contributed by atoms with Gasteiger partial charge in [-0.2, -0.15) is 0 Å². The molecule has 92 valence electrons. The van der Waals surface area contributed by atoms with Gasteiger partial charge in [-0.25, -0.2) is 0 Å². The number of carbonyl (C=O) groups is 1. The molecule has 0 saturated carbocycles. The van der Waals surface area contributed by atoms with Gasteiger partial charge in [-0.1, -0.05) is 13.0 Å². The van der Waals surface area contributed by atoms with Crippen molar-refractivity contribution in [3.8, 4) is 0 Å².